The van der Waals surface area contributed by atoms with Gasteiger partial charge in [0, 0.05) is 0 Å². The van der Waals surface area contributed by atoms with Gasteiger partial charge in [-0.3, -0.25) is 0 Å². The van der Waals surface area contributed by atoms with E-state index in [2.05, 4.69) is 58.5 Å². The van der Waals surface area contributed by atoms with E-state index in [0.29, 0.717) is 5.92 Å². The molecule has 13 heavy (non-hydrogen) atoms. The number of carbonyl (C=O) groups excluding carboxylic acids is 1. The fraction of sp³-hybridized carbons (Fsp3) is 0.889. The number of piperidine rings is 1. The van der Waals surface area contributed by atoms with Crippen LogP contribution in [-0.4, -0.2) is 38.1 Å². The summed E-state index contributed by atoms with van der Waals surface area (Å²) >= 11 is 2.20. The van der Waals surface area contributed by atoms with Crippen LogP contribution >= 0.6 is 0 Å². The number of methoxy groups -OCH3 is 1. The molecule has 0 saturated carbocycles. The number of hydrogen-bond donors (Lipinski definition) is 0. The Labute approximate surface area is 112 Å². The number of hydrogen-bond acceptors (Lipinski definition) is 3. The third-order valence-electron chi connectivity index (χ3n) is 2.60. The predicted octanol–water partition coefficient (Wildman–Crippen LogP) is 0.571. The third kappa shape index (κ3) is 3.57. The molecule has 0 aromatic rings. The van der Waals surface area contributed by atoms with Crippen LogP contribution in [0, 0.1) is 52.5 Å². The van der Waals surface area contributed by atoms with Gasteiger partial charge < -0.3 is 0 Å². The Kier molecular flexibility index (Phi) is 5.37. The van der Waals surface area contributed by atoms with Crippen LogP contribution in [0.5, 0.6) is 0 Å². The molecule has 1 unspecified atom stereocenters. The molecule has 0 bridgehead atoms. The molecule has 0 aromatic carbocycles. The van der Waals surface area contributed by atoms with E-state index in [9.17, 15) is 4.79 Å². The molecule has 1 saturated heterocycles. The number of rotatable bonds is 2. The van der Waals surface area contributed by atoms with Gasteiger partial charge in [0.15, 0.2) is 0 Å². The van der Waals surface area contributed by atoms with Gasteiger partial charge in [-0.15, -0.1) is 0 Å². The minimum absolute atomic E-state index is 0.0382. The Balaban J connectivity index is 2.39. The van der Waals surface area contributed by atoms with E-state index in [0.717, 1.165) is 25.9 Å². The second-order valence-corrected chi connectivity index (χ2v) is 4.91. The maximum atomic E-state index is 11.2. The Bertz CT molecular complexity index is 178. The summed E-state index contributed by atoms with van der Waals surface area (Å²) in [6.07, 6.45) is 2.22. The molecule has 1 rings (SSSR count). The second-order valence-electron chi connectivity index (χ2n) is 3.57. The Morgan fingerprint density at radius 1 is 1.54 bits per heavy atom. The van der Waals surface area contributed by atoms with Crippen molar-refractivity contribution in [3.8, 4) is 0 Å². The van der Waals surface area contributed by atoms with Gasteiger partial charge in [0.2, 0.25) is 0 Å². The van der Waals surface area contributed by atoms with E-state index in [1.165, 1.54) is 7.11 Å². The van der Waals surface area contributed by atoms with Crippen molar-refractivity contribution in [1.29, 1.82) is 0 Å². The van der Waals surface area contributed by atoms with E-state index in [1.54, 1.807) is 0 Å². The molecule has 1 aliphatic rings. The Morgan fingerprint density at radius 3 is 2.54 bits per heavy atom. The minimum atomic E-state index is -0.0739. The first-order valence-corrected chi connectivity index (χ1v) is 5.80. The van der Waals surface area contributed by atoms with E-state index < -0.39 is 0 Å². The molecule has 78 valence electrons. The topological polar surface area (TPSA) is 29.5 Å². The van der Waals surface area contributed by atoms with Crippen molar-refractivity contribution in [2.75, 3.05) is 27.2 Å². The van der Waals surface area contributed by atoms with Gasteiger partial charge in [0.1, 0.15) is 0 Å². The van der Waals surface area contributed by atoms with E-state index in [-0.39, 0.29) is 6.36 Å². The number of nitrogens with zero attached hydrogens (tertiary/aromatic N) is 1. The molecule has 0 spiro atoms. The third-order valence-corrected chi connectivity index (χ3v) is 4.13. The SMILES string of the molecule is COC(=O)C([XeH])C1CCN(C)CC1. The molecule has 1 heterocycles. The molecular weight excluding hydrogens is 285 g/mol. The van der Waals surface area contributed by atoms with Crippen LogP contribution in [0.25, 0.3) is 0 Å². The Morgan fingerprint density at radius 2 is 2.08 bits per heavy atom. The van der Waals surface area contributed by atoms with Crippen molar-refractivity contribution in [2.24, 2.45) is 5.92 Å². The monoisotopic (exact) mass is 303 g/mol. The number of likely N-dealkylation sites (tertiary alicyclic amines) is 1. The zero-order chi connectivity index (χ0) is 9.84. The van der Waals surface area contributed by atoms with Crippen LogP contribution in [0.3, 0.4) is 0 Å². The number of carbonyl (C=O) groups is 1. The van der Waals surface area contributed by atoms with Crippen LogP contribution < -0.4 is 0 Å². The van der Waals surface area contributed by atoms with Crippen LogP contribution in [0.2, 0.25) is 0.386 Å². The van der Waals surface area contributed by atoms with Crippen LogP contribution in [0.15, 0.2) is 0 Å². The Hall–Kier alpha value is 1.00. The molecule has 0 N–H and O–H groups in total. The van der Waals surface area contributed by atoms with Crippen molar-refractivity contribution >= 4 is 5.97 Å². The van der Waals surface area contributed by atoms with E-state index >= 15 is 0 Å². The first kappa shape index (κ1) is 12.1. The second kappa shape index (κ2) is 5.78. The summed E-state index contributed by atoms with van der Waals surface area (Å²) in [5.74, 6) is 0.430. The number of ether oxygens (including phenoxy) is 1. The van der Waals surface area contributed by atoms with Gasteiger partial charge in [-0.1, -0.05) is 0 Å². The summed E-state index contributed by atoms with van der Waals surface area (Å²) in [6.45, 7) is 2.20. The molecule has 0 aromatic heterocycles. The van der Waals surface area contributed by atoms with Crippen LogP contribution in [0.4, 0.5) is 0 Å². The summed E-state index contributed by atoms with van der Waals surface area (Å²) in [5, 5.41) is 0. The zero-order valence-corrected chi connectivity index (χ0v) is 10.3. The standard InChI is InChI=1S/C9H17NO2Xe/c1-10-5-3-7(4-6-10)8(13)9(11)12-2/h7-8,13H,3-6H2,1-2H3. The molecule has 0 aliphatic carbocycles. The first-order valence-electron chi connectivity index (χ1n) is 4.55. The van der Waals surface area contributed by atoms with Gasteiger partial charge in [0.05, 0.1) is 0 Å². The van der Waals surface area contributed by atoms with Crippen molar-refractivity contribution in [1.82, 2.24) is 4.90 Å². The molecule has 1 fully saturated rings. The molecule has 1 aliphatic heterocycles. The molecular formula is C9H17NO2Xe. The summed E-state index contributed by atoms with van der Waals surface area (Å²) in [6, 6.07) is 0. The molecule has 0 radical (unpaired) electrons. The van der Waals surface area contributed by atoms with Crippen LogP contribution in [-0.2, 0) is 9.53 Å². The summed E-state index contributed by atoms with van der Waals surface area (Å²) < 4.78 is 4.77. The van der Waals surface area contributed by atoms with E-state index in [4.69, 9.17) is 4.74 Å². The van der Waals surface area contributed by atoms with Crippen molar-refractivity contribution in [2.45, 2.75) is 13.2 Å². The molecule has 1 atom stereocenters. The summed E-state index contributed by atoms with van der Waals surface area (Å²) in [4.78, 5) is 13.6. The normalized spacial score (nSPS) is 22.8. The van der Waals surface area contributed by atoms with Gasteiger partial charge in [-0.05, 0) is 0 Å². The van der Waals surface area contributed by atoms with Gasteiger partial charge in [-0.2, -0.15) is 0 Å². The molecule has 0 amide bonds. The van der Waals surface area contributed by atoms with Crippen molar-refractivity contribution < 1.29 is 56.1 Å². The van der Waals surface area contributed by atoms with Crippen molar-refractivity contribution in [3.05, 3.63) is 0 Å². The van der Waals surface area contributed by atoms with Gasteiger partial charge in [-0.25, -0.2) is 0 Å². The summed E-state index contributed by atoms with van der Waals surface area (Å²) in [7, 11) is 3.58. The fourth-order valence-corrected chi connectivity index (χ4v) is 2.60. The molecule has 3 nitrogen and oxygen atoms in total. The predicted molar refractivity (Wildman–Crippen MR) is 47.4 cm³/mol. The zero-order valence-electron chi connectivity index (χ0n) is 8.12. The fourth-order valence-electron chi connectivity index (χ4n) is 1.63. The average molecular weight is 303 g/mol. The number of esters is 1. The maximum absolute atomic E-state index is 11.2. The van der Waals surface area contributed by atoms with Gasteiger partial charge >= 0.3 is 113 Å². The quantitative estimate of drug-likeness (QED) is 0.699. The van der Waals surface area contributed by atoms with E-state index in [1.807, 2.05) is 0 Å². The van der Waals surface area contributed by atoms with Crippen LogP contribution in [0.1, 0.15) is 12.8 Å². The van der Waals surface area contributed by atoms with Gasteiger partial charge in [0.25, 0.3) is 0 Å². The first-order chi connectivity index (χ1) is 6.15. The average Bonchev–Trinajstić information content (AvgIpc) is 2.17. The van der Waals surface area contributed by atoms with Crippen molar-refractivity contribution in [3.63, 3.8) is 0 Å². The molecule has 4 heteroatoms. The summed E-state index contributed by atoms with van der Waals surface area (Å²) in [5.41, 5.74) is 0.